The van der Waals surface area contributed by atoms with Gasteiger partial charge in [-0.15, -0.1) is 0 Å². The van der Waals surface area contributed by atoms with E-state index in [-0.39, 0.29) is 12.2 Å². The number of pyridine rings is 1. The predicted octanol–water partition coefficient (Wildman–Crippen LogP) is 0.0332. The molecule has 1 aromatic heterocycles. The minimum absolute atomic E-state index is 0.182. The number of amides is 3. The Balaban J connectivity index is 2.62. The molecule has 0 aliphatic carbocycles. The van der Waals surface area contributed by atoms with E-state index in [4.69, 9.17) is 5.11 Å². The fourth-order valence-electron chi connectivity index (χ4n) is 1.03. The largest absolute Gasteiger partial charge is 0.390 e. The first kappa shape index (κ1) is 12.1. The molecule has 1 heterocycles. The quantitative estimate of drug-likeness (QED) is 0.674. The maximum absolute atomic E-state index is 11.5. The number of carbonyl (C=O) groups is 2. The third kappa shape index (κ3) is 3.32. The van der Waals surface area contributed by atoms with Crippen LogP contribution in [0.4, 0.5) is 4.79 Å². The van der Waals surface area contributed by atoms with E-state index in [1.807, 2.05) is 0 Å². The van der Waals surface area contributed by atoms with Crippen molar-refractivity contribution in [3.05, 3.63) is 29.6 Å². The summed E-state index contributed by atoms with van der Waals surface area (Å²) >= 11 is 0. The molecule has 6 nitrogen and oxygen atoms in total. The molecule has 1 aromatic rings. The molecule has 0 saturated carbocycles. The summed E-state index contributed by atoms with van der Waals surface area (Å²) in [6.45, 7) is 2.01. The van der Waals surface area contributed by atoms with E-state index < -0.39 is 11.9 Å². The maximum atomic E-state index is 11.5. The van der Waals surface area contributed by atoms with Crippen molar-refractivity contribution in [3.8, 4) is 0 Å². The Morgan fingerprint density at radius 2 is 2.19 bits per heavy atom. The molecule has 0 bridgehead atoms. The number of hydrogen-bond acceptors (Lipinski definition) is 4. The molecule has 0 aliphatic heterocycles. The lowest BCUT2D eigenvalue weighted by molar-refractivity contribution is 0.0963. The zero-order chi connectivity index (χ0) is 12.0. The topological polar surface area (TPSA) is 91.3 Å². The highest BCUT2D eigenvalue weighted by Gasteiger charge is 2.09. The van der Waals surface area contributed by atoms with Crippen molar-refractivity contribution in [2.45, 2.75) is 13.5 Å². The van der Waals surface area contributed by atoms with Crippen LogP contribution >= 0.6 is 0 Å². The monoisotopic (exact) mass is 223 g/mol. The first-order chi connectivity index (χ1) is 7.67. The molecule has 0 fully saturated rings. The van der Waals surface area contributed by atoms with Crippen molar-refractivity contribution in [2.75, 3.05) is 6.54 Å². The Labute approximate surface area is 92.7 Å². The van der Waals surface area contributed by atoms with Gasteiger partial charge in [0.1, 0.15) is 0 Å². The number of nitrogens with zero attached hydrogens (tertiary/aromatic N) is 1. The average molecular weight is 223 g/mol. The van der Waals surface area contributed by atoms with Gasteiger partial charge >= 0.3 is 6.03 Å². The number of carbonyl (C=O) groups excluding carboxylic acids is 2. The molecule has 1 rings (SSSR count). The normalized spacial score (nSPS) is 9.62. The van der Waals surface area contributed by atoms with E-state index in [0.29, 0.717) is 12.2 Å². The lowest BCUT2D eigenvalue weighted by Gasteiger charge is -2.04. The molecular weight excluding hydrogens is 210 g/mol. The van der Waals surface area contributed by atoms with Crippen LogP contribution in [0.3, 0.4) is 0 Å². The molecule has 0 spiro atoms. The highest BCUT2D eigenvalue weighted by atomic mass is 16.3. The third-order valence-electron chi connectivity index (χ3n) is 1.81. The fourth-order valence-corrected chi connectivity index (χ4v) is 1.03. The standard InChI is InChI=1S/C10H13N3O3/c1-2-11-10(16)13-9(15)7-3-4-8(6-14)12-5-7/h3-5,14H,2,6H2,1H3,(H2,11,13,15,16). The molecule has 0 aliphatic rings. The van der Waals surface area contributed by atoms with Gasteiger partial charge in [0.15, 0.2) is 0 Å². The highest BCUT2D eigenvalue weighted by Crippen LogP contribution is 1.99. The number of aliphatic hydroxyl groups is 1. The van der Waals surface area contributed by atoms with E-state index in [1.54, 1.807) is 6.92 Å². The molecule has 0 aromatic carbocycles. The molecule has 0 atom stereocenters. The molecule has 6 heteroatoms. The van der Waals surface area contributed by atoms with Crippen LogP contribution in [-0.4, -0.2) is 28.6 Å². The molecule has 3 amide bonds. The molecule has 3 N–H and O–H groups in total. The van der Waals surface area contributed by atoms with E-state index in [2.05, 4.69) is 15.6 Å². The fraction of sp³-hybridized carbons (Fsp3) is 0.300. The van der Waals surface area contributed by atoms with Crippen molar-refractivity contribution < 1.29 is 14.7 Å². The first-order valence-corrected chi connectivity index (χ1v) is 4.82. The number of aliphatic hydroxyl groups excluding tert-OH is 1. The summed E-state index contributed by atoms with van der Waals surface area (Å²) < 4.78 is 0. The number of imide groups is 1. The highest BCUT2D eigenvalue weighted by molar-refractivity contribution is 6.03. The van der Waals surface area contributed by atoms with Gasteiger partial charge in [-0.25, -0.2) is 4.79 Å². The van der Waals surface area contributed by atoms with Crippen LogP contribution in [0.15, 0.2) is 18.3 Å². The van der Waals surface area contributed by atoms with Gasteiger partial charge in [-0.1, -0.05) is 0 Å². The number of rotatable bonds is 3. The number of urea groups is 1. The van der Waals surface area contributed by atoms with Crippen molar-refractivity contribution in [3.63, 3.8) is 0 Å². The van der Waals surface area contributed by atoms with Gasteiger partial charge in [0.25, 0.3) is 5.91 Å². The number of hydrogen-bond donors (Lipinski definition) is 3. The van der Waals surface area contributed by atoms with Crippen LogP contribution in [0.5, 0.6) is 0 Å². The van der Waals surface area contributed by atoms with E-state index >= 15 is 0 Å². The number of aromatic nitrogens is 1. The molecule has 0 radical (unpaired) electrons. The lowest BCUT2D eigenvalue weighted by Crippen LogP contribution is -2.39. The maximum Gasteiger partial charge on any atom is 0.321 e. The van der Waals surface area contributed by atoms with Crippen LogP contribution in [0.25, 0.3) is 0 Å². The zero-order valence-corrected chi connectivity index (χ0v) is 8.86. The van der Waals surface area contributed by atoms with Gasteiger partial charge in [0, 0.05) is 12.7 Å². The van der Waals surface area contributed by atoms with Crippen molar-refractivity contribution in [1.82, 2.24) is 15.6 Å². The Morgan fingerprint density at radius 1 is 1.44 bits per heavy atom. The molecular formula is C10H13N3O3. The van der Waals surface area contributed by atoms with Gasteiger partial charge in [0.05, 0.1) is 17.9 Å². The molecule has 0 saturated heterocycles. The average Bonchev–Trinajstić information content (AvgIpc) is 2.29. The molecule has 16 heavy (non-hydrogen) atoms. The SMILES string of the molecule is CCNC(=O)NC(=O)c1ccc(CO)nc1. The number of nitrogens with one attached hydrogen (secondary N) is 2. The van der Waals surface area contributed by atoms with Crippen LogP contribution in [-0.2, 0) is 6.61 Å². The lowest BCUT2D eigenvalue weighted by atomic mass is 10.2. The second kappa shape index (κ2) is 5.82. The smallest absolute Gasteiger partial charge is 0.321 e. The Kier molecular flexibility index (Phi) is 4.41. The van der Waals surface area contributed by atoms with Crippen LogP contribution < -0.4 is 10.6 Å². The van der Waals surface area contributed by atoms with Gasteiger partial charge in [-0.2, -0.15) is 0 Å². The van der Waals surface area contributed by atoms with E-state index in [0.717, 1.165) is 0 Å². The van der Waals surface area contributed by atoms with Gasteiger partial charge in [-0.05, 0) is 19.1 Å². The van der Waals surface area contributed by atoms with Crippen LogP contribution in [0.2, 0.25) is 0 Å². The summed E-state index contributed by atoms with van der Waals surface area (Å²) in [5, 5.41) is 13.3. The first-order valence-electron chi connectivity index (χ1n) is 4.82. The van der Waals surface area contributed by atoms with Gasteiger partial charge < -0.3 is 10.4 Å². The summed E-state index contributed by atoms with van der Waals surface area (Å²) in [6, 6.07) is 2.47. The molecule has 0 unspecified atom stereocenters. The second-order valence-corrected chi connectivity index (χ2v) is 3.01. The molecule has 86 valence electrons. The van der Waals surface area contributed by atoms with Crippen LogP contribution in [0, 0.1) is 0 Å². The summed E-state index contributed by atoms with van der Waals surface area (Å²) in [4.78, 5) is 26.3. The van der Waals surface area contributed by atoms with Crippen molar-refractivity contribution in [2.24, 2.45) is 0 Å². The Bertz CT molecular complexity index is 375. The minimum Gasteiger partial charge on any atom is -0.390 e. The van der Waals surface area contributed by atoms with Crippen molar-refractivity contribution >= 4 is 11.9 Å². The summed E-state index contributed by atoms with van der Waals surface area (Å²) in [5.74, 6) is -0.525. The predicted molar refractivity (Wildman–Crippen MR) is 56.7 cm³/mol. The zero-order valence-electron chi connectivity index (χ0n) is 8.86. The van der Waals surface area contributed by atoms with E-state index in [1.165, 1.54) is 18.3 Å². The van der Waals surface area contributed by atoms with E-state index in [9.17, 15) is 9.59 Å². The third-order valence-corrected chi connectivity index (χ3v) is 1.81. The van der Waals surface area contributed by atoms with Gasteiger partial charge in [-0.3, -0.25) is 15.1 Å². The summed E-state index contributed by atoms with van der Waals surface area (Å²) in [5.41, 5.74) is 0.734. The summed E-state index contributed by atoms with van der Waals surface area (Å²) in [6.07, 6.45) is 1.31. The van der Waals surface area contributed by atoms with Crippen molar-refractivity contribution in [1.29, 1.82) is 0 Å². The summed E-state index contributed by atoms with van der Waals surface area (Å²) in [7, 11) is 0. The van der Waals surface area contributed by atoms with Crippen LogP contribution in [0.1, 0.15) is 23.0 Å². The van der Waals surface area contributed by atoms with Gasteiger partial charge in [0.2, 0.25) is 0 Å². The minimum atomic E-state index is -0.543. The Morgan fingerprint density at radius 3 is 2.69 bits per heavy atom. The second-order valence-electron chi connectivity index (χ2n) is 3.01. The Hall–Kier alpha value is -1.95.